The summed E-state index contributed by atoms with van der Waals surface area (Å²) in [5.41, 5.74) is -0.157. The SMILES string of the molecule is COC(=O)c1cc2cc(F)c(F)c(F)c2n1C. The molecule has 0 radical (unpaired) electrons. The monoisotopic (exact) mass is 243 g/mol. The van der Waals surface area contributed by atoms with Gasteiger partial charge < -0.3 is 9.30 Å². The van der Waals surface area contributed by atoms with Crippen LogP contribution in [0.5, 0.6) is 0 Å². The van der Waals surface area contributed by atoms with Gasteiger partial charge in [0.2, 0.25) is 0 Å². The number of carbonyl (C=O) groups excluding carboxylic acids is 1. The van der Waals surface area contributed by atoms with E-state index in [2.05, 4.69) is 4.74 Å². The first-order chi connectivity index (χ1) is 7.97. The number of halogens is 3. The average molecular weight is 243 g/mol. The van der Waals surface area contributed by atoms with E-state index in [-0.39, 0.29) is 16.6 Å². The predicted molar refractivity (Wildman–Crippen MR) is 54.1 cm³/mol. The highest BCUT2D eigenvalue weighted by molar-refractivity contribution is 5.95. The van der Waals surface area contributed by atoms with Crippen molar-refractivity contribution in [3.8, 4) is 0 Å². The zero-order valence-electron chi connectivity index (χ0n) is 9.05. The van der Waals surface area contributed by atoms with Crippen LogP contribution in [0.3, 0.4) is 0 Å². The quantitative estimate of drug-likeness (QED) is 0.568. The molecule has 6 heteroatoms. The Morgan fingerprint density at radius 3 is 2.47 bits per heavy atom. The molecule has 0 saturated carbocycles. The second-order valence-corrected chi connectivity index (χ2v) is 3.50. The lowest BCUT2D eigenvalue weighted by Crippen LogP contribution is -2.07. The maximum atomic E-state index is 13.5. The van der Waals surface area contributed by atoms with Gasteiger partial charge in [0.05, 0.1) is 12.6 Å². The Morgan fingerprint density at radius 1 is 1.24 bits per heavy atom. The van der Waals surface area contributed by atoms with Crippen molar-refractivity contribution in [3.63, 3.8) is 0 Å². The number of rotatable bonds is 1. The van der Waals surface area contributed by atoms with E-state index in [0.717, 1.165) is 17.7 Å². The summed E-state index contributed by atoms with van der Waals surface area (Å²) < 4.78 is 45.2. The molecule has 2 rings (SSSR count). The first kappa shape index (κ1) is 11.5. The van der Waals surface area contributed by atoms with Crippen LogP contribution in [0.25, 0.3) is 10.9 Å². The fourth-order valence-electron chi connectivity index (χ4n) is 1.72. The van der Waals surface area contributed by atoms with E-state index in [0.29, 0.717) is 0 Å². The van der Waals surface area contributed by atoms with E-state index < -0.39 is 23.4 Å². The number of hydrogen-bond acceptors (Lipinski definition) is 2. The minimum Gasteiger partial charge on any atom is -0.464 e. The largest absolute Gasteiger partial charge is 0.464 e. The Hall–Kier alpha value is -1.98. The third kappa shape index (κ3) is 1.56. The molecule has 1 aromatic heterocycles. The molecule has 1 aromatic carbocycles. The summed E-state index contributed by atoms with van der Waals surface area (Å²) in [5.74, 6) is -4.88. The van der Waals surface area contributed by atoms with E-state index in [1.54, 1.807) is 0 Å². The predicted octanol–water partition coefficient (Wildman–Crippen LogP) is 2.38. The third-order valence-electron chi connectivity index (χ3n) is 2.55. The van der Waals surface area contributed by atoms with Crippen LogP contribution in [0, 0.1) is 17.5 Å². The zero-order chi connectivity index (χ0) is 12.7. The number of aromatic nitrogens is 1. The molecule has 0 aliphatic heterocycles. The number of fused-ring (bicyclic) bond motifs is 1. The maximum Gasteiger partial charge on any atom is 0.354 e. The van der Waals surface area contributed by atoms with Crippen LogP contribution in [0.4, 0.5) is 13.2 Å². The van der Waals surface area contributed by atoms with Crippen LogP contribution in [0.2, 0.25) is 0 Å². The minimum atomic E-state index is -1.56. The number of esters is 1. The Bertz CT molecular complexity index is 619. The van der Waals surface area contributed by atoms with Crippen molar-refractivity contribution in [2.75, 3.05) is 7.11 Å². The second-order valence-electron chi connectivity index (χ2n) is 3.50. The number of nitrogens with zero attached hydrogens (tertiary/aromatic N) is 1. The standard InChI is InChI=1S/C11H8F3NO2/c1-15-7(11(16)17-2)4-5-3-6(12)8(13)9(14)10(5)15/h3-4H,1-2H3. The molecular weight excluding hydrogens is 235 g/mol. The van der Waals surface area contributed by atoms with E-state index in [9.17, 15) is 18.0 Å². The average Bonchev–Trinajstić information content (AvgIpc) is 2.62. The Balaban J connectivity index is 2.83. The summed E-state index contributed by atoms with van der Waals surface area (Å²) in [6.07, 6.45) is 0. The van der Waals surface area contributed by atoms with Crippen molar-refractivity contribution in [1.82, 2.24) is 4.57 Å². The van der Waals surface area contributed by atoms with Gasteiger partial charge in [0.1, 0.15) is 5.69 Å². The van der Waals surface area contributed by atoms with Crippen LogP contribution in [-0.2, 0) is 11.8 Å². The van der Waals surface area contributed by atoms with Crippen molar-refractivity contribution in [2.24, 2.45) is 7.05 Å². The van der Waals surface area contributed by atoms with Crippen LogP contribution in [0.15, 0.2) is 12.1 Å². The molecule has 1 heterocycles. The summed E-state index contributed by atoms with van der Waals surface area (Å²) in [6, 6.07) is 2.08. The first-order valence-electron chi connectivity index (χ1n) is 4.68. The number of methoxy groups -OCH3 is 1. The van der Waals surface area contributed by atoms with Gasteiger partial charge in [0, 0.05) is 12.4 Å². The van der Waals surface area contributed by atoms with Gasteiger partial charge in [-0.05, 0) is 12.1 Å². The van der Waals surface area contributed by atoms with E-state index >= 15 is 0 Å². The van der Waals surface area contributed by atoms with E-state index in [1.807, 2.05) is 0 Å². The van der Waals surface area contributed by atoms with Gasteiger partial charge >= 0.3 is 5.97 Å². The molecule has 17 heavy (non-hydrogen) atoms. The molecule has 0 N–H and O–H groups in total. The number of hydrogen-bond donors (Lipinski definition) is 0. The number of carbonyl (C=O) groups is 1. The lowest BCUT2D eigenvalue weighted by atomic mass is 10.2. The molecule has 0 bridgehead atoms. The van der Waals surface area contributed by atoms with Crippen molar-refractivity contribution < 1.29 is 22.7 Å². The van der Waals surface area contributed by atoms with Crippen molar-refractivity contribution in [3.05, 3.63) is 35.3 Å². The van der Waals surface area contributed by atoms with Gasteiger partial charge in [0.25, 0.3) is 0 Å². The summed E-state index contributed by atoms with van der Waals surface area (Å²) in [7, 11) is 2.53. The molecule has 0 aliphatic rings. The fraction of sp³-hybridized carbons (Fsp3) is 0.182. The number of ether oxygens (including phenoxy) is 1. The van der Waals surface area contributed by atoms with Crippen LogP contribution >= 0.6 is 0 Å². The summed E-state index contributed by atoms with van der Waals surface area (Å²) in [5, 5.41) is 0.101. The normalized spacial score (nSPS) is 10.9. The molecular formula is C11H8F3NO2. The lowest BCUT2D eigenvalue weighted by molar-refractivity contribution is 0.0590. The Labute approximate surface area is 94.4 Å². The second kappa shape index (κ2) is 3.80. The van der Waals surface area contributed by atoms with Crippen molar-refractivity contribution in [2.45, 2.75) is 0 Å². The molecule has 0 spiro atoms. The van der Waals surface area contributed by atoms with Crippen LogP contribution < -0.4 is 0 Å². The van der Waals surface area contributed by atoms with E-state index in [1.165, 1.54) is 13.1 Å². The van der Waals surface area contributed by atoms with E-state index in [4.69, 9.17) is 0 Å². The zero-order valence-corrected chi connectivity index (χ0v) is 9.05. The molecule has 0 amide bonds. The Kier molecular flexibility index (Phi) is 2.57. The van der Waals surface area contributed by atoms with Gasteiger partial charge in [-0.15, -0.1) is 0 Å². The molecule has 0 fully saturated rings. The molecule has 0 saturated heterocycles. The Morgan fingerprint density at radius 2 is 1.88 bits per heavy atom. The van der Waals surface area contributed by atoms with Gasteiger partial charge in [-0.1, -0.05) is 0 Å². The highest BCUT2D eigenvalue weighted by Crippen LogP contribution is 2.26. The van der Waals surface area contributed by atoms with Gasteiger partial charge in [-0.25, -0.2) is 18.0 Å². The lowest BCUT2D eigenvalue weighted by Gasteiger charge is -2.03. The molecule has 3 nitrogen and oxygen atoms in total. The number of aryl methyl sites for hydroxylation is 1. The fourth-order valence-corrected chi connectivity index (χ4v) is 1.72. The summed E-state index contributed by atoms with van der Waals surface area (Å²) >= 11 is 0. The summed E-state index contributed by atoms with van der Waals surface area (Å²) in [6.45, 7) is 0. The highest BCUT2D eigenvalue weighted by Gasteiger charge is 2.21. The maximum absolute atomic E-state index is 13.5. The van der Waals surface area contributed by atoms with Crippen LogP contribution in [0.1, 0.15) is 10.5 Å². The molecule has 0 aliphatic carbocycles. The minimum absolute atomic E-state index is 0.0198. The van der Waals surface area contributed by atoms with Gasteiger partial charge in [0.15, 0.2) is 17.5 Å². The highest BCUT2D eigenvalue weighted by atomic mass is 19.2. The van der Waals surface area contributed by atoms with Crippen LogP contribution in [-0.4, -0.2) is 17.6 Å². The molecule has 90 valence electrons. The van der Waals surface area contributed by atoms with Crippen molar-refractivity contribution >= 4 is 16.9 Å². The van der Waals surface area contributed by atoms with Crippen molar-refractivity contribution in [1.29, 1.82) is 0 Å². The molecule has 0 unspecified atom stereocenters. The molecule has 0 atom stereocenters. The third-order valence-corrected chi connectivity index (χ3v) is 2.55. The van der Waals surface area contributed by atoms with Gasteiger partial charge in [-0.2, -0.15) is 0 Å². The molecule has 2 aromatic rings. The smallest absolute Gasteiger partial charge is 0.354 e. The topological polar surface area (TPSA) is 31.2 Å². The number of benzene rings is 1. The van der Waals surface area contributed by atoms with Gasteiger partial charge in [-0.3, -0.25) is 0 Å². The first-order valence-corrected chi connectivity index (χ1v) is 4.68. The summed E-state index contributed by atoms with van der Waals surface area (Å²) in [4.78, 5) is 11.3.